The Morgan fingerprint density at radius 2 is 2.20 bits per heavy atom. The van der Waals surface area contributed by atoms with E-state index in [0.717, 1.165) is 36.0 Å². The van der Waals surface area contributed by atoms with Gasteiger partial charge in [0.05, 0.1) is 0 Å². The first-order chi connectivity index (χ1) is 11.6. The minimum Gasteiger partial charge on any atom is -0.345 e. The van der Waals surface area contributed by atoms with Crippen LogP contribution in [0.1, 0.15) is 38.1 Å². The van der Waals surface area contributed by atoms with Crippen LogP contribution in [0.15, 0.2) is 33.3 Å². The molecule has 1 aliphatic heterocycles. The van der Waals surface area contributed by atoms with Crippen LogP contribution in [0.2, 0.25) is 0 Å². The topological polar surface area (TPSA) is 80.0 Å². The van der Waals surface area contributed by atoms with Crippen LogP contribution in [0, 0.1) is 5.92 Å². The van der Waals surface area contributed by atoms with Gasteiger partial charge in [0.25, 0.3) is 0 Å². The van der Waals surface area contributed by atoms with Crippen LogP contribution in [-0.2, 0) is 4.79 Å². The second-order valence-corrected chi connectivity index (χ2v) is 7.07. The van der Waals surface area contributed by atoms with Gasteiger partial charge in [-0.15, -0.1) is 12.4 Å². The smallest absolute Gasteiger partial charge is 0.249 e. The van der Waals surface area contributed by atoms with E-state index < -0.39 is 0 Å². The van der Waals surface area contributed by atoms with Crippen LogP contribution in [0.3, 0.4) is 0 Å². The van der Waals surface area contributed by atoms with Gasteiger partial charge in [-0.3, -0.25) is 4.79 Å². The largest absolute Gasteiger partial charge is 0.345 e. The fraction of sp³-hybridized carbons (Fsp3) is 0.471. The molecule has 6 nitrogen and oxygen atoms in total. The van der Waals surface area contributed by atoms with Crippen LogP contribution < -0.4 is 10.6 Å². The minimum absolute atomic E-state index is 0. The number of amides is 1. The quantitative estimate of drug-likeness (QED) is 0.735. The van der Waals surface area contributed by atoms with Gasteiger partial charge in [-0.05, 0) is 63.0 Å². The summed E-state index contributed by atoms with van der Waals surface area (Å²) in [6.07, 6.45) is 2.60. The summed E-state index contributed by atoms with van der Waals surface area (Å²) < 4.78 is 6.29. The molecule has 2 heterocycles. The van der Waals surface area contributed by atoms with Crippen LogP contribution in [-0.4, -0.2) is 29.1 Å². The zero-order chi connectivity index (χ0) is 16.9. The summed E-state index contributed by atoms with van der Waals surface area (Å²) in [5.74, 6) is 1.58. The second kappa shape index (κ2) is 9.31. The second-order valence-electron chi connectivity index (χ2n) is 6.15. The zero-order valence-corrected chi connectivity index (χ0v) is 16.4. The average Bonchev–Trinajstić information content (AvgIpc) is 3.25. The molecule has 1 fully saturated rings. The summed E-state index contributed by atoms with van der Waals surface area (Å²) in [4.78, 5) is 16.5. The number of nitrogens with one attached hydrogen (secondary N) is 2. The number of rotatable bonds is 6. The van der Waals surface area contributed by atoms with Crippen molar-refractivity contribution in [3.63, 3.8) is 0 Å². The highest BCUT2D eigenvalue weighted by Gasteiger charge is 2.19. The van der Waals surface area contributed by atoms with E-state index in [1.807, 2.05) is 31.2 Å². The maximum absolute atomic E-state index is 12.1. The lowest BCUT2D eigenvalue weighted by Gasteiger charge is -2.11. The molecule has 2 aromatic rings. The SMILES string of the molecule is CC(NC(=O)CCC1CCNC1)c1nc(-c2ccc(Br)cc2)no1.Cl. The van der Waals surface area contributed by atoms with Crippen LogP contribution >= 0.6 is 28.3 Å². The van der Waals surface area contributed by atoms with Gasteiger partial charge in [0.2, 0.25) is 17.6 Å². The monoisotopic (exact) mass is 428 g/mol. The maximum Gasteiger partial charge on any atom is 0.249 e. The maximum atomic E-state index is 12.1. The summed E-state index contributed by atoms with van der Waals surface area (Å²) in [5, 5.41) is 10.2. The molecule has 0 bridgehead atoms. The lowest BCUT2D eigenvalue weighted by atomic mass is 10.0. The molecule has 1 aromatic carbocycles. The lowest BCUT2D eigenvalue weighted by molar-refractivity contribution is -0.122. The predicted molar refractivity (Wildman–Crippen MR) is 101 cm³/mol. The van der Waals surface area contributed by atoms with Crippen LogP contribution in [0.4, 0.5) is 0 Å². The number of nitrogens with zero attached hydrogens (tertiary/aromatic N) is 2. The molecule has 2 unspecified atom stereocenters. The van der Waals surface area contributed by atoms with E-state index in [2.05, 4.69) is 36.7 Å². The molecule has 136 valence electrons. The predicted octanol–water partition coefficient (Wildman–Crippen LogP) is 3.49. The summed E-state index contributed by atoms with van der Waals surface area (Å²) in [6.45, 7) is 3.93. The molecule has 1 aliphatic rings. The van der Waals surface area contributed by atoms with Crippen molar-refractivity contribution >= 4 is 34.2 Å². The molecule has 3 rings (SSSR count). The Hall–Kier alpha value is -1.44. The first kappa shape index (κ1) is 19.9. The van der Waals surface area contributed by atoms with E-state index in [1.54, 1.807) is 0 Å². The van der Waals surface area contributed by atoms with Crippen molar-refractivity contribution in [2.45, 2.75) is 32.2 Å². The van der Waals surface area contributed by atoms with Gasteiger partial charge in [0, 0.05) is 16.5 Å². The molecular formula is C17H22BrClN4O2. The van der Waals surface area contributed by atoms with Gasteiger partial charge in [0.1, 0.15) is 6.04 Å². The Balaban J connectivity index is 0.00000225. The summed E-state index contributed by atoms with van der Waals surface area (Å²) in [6, 6.07) is 7.38. The van der Waals surface area contributed by atoms with Gasteiger partial charge in [-0.25, -0.2) is 0 Å². The summed E-state index contributed by atoms with van der Waals surface area (Å²) in [7, 11) is 0. The first-order valence-corrected chi connectivity index (χ1v) is 9.01. The lowest BCUT2D eigenvalue weighted by Crippen LogP contribution is -2.27. The average molecular weight is 430 g/mol. The summed E-state index contributed by atoms with van der Waals surface area (Å²) in [5.41, 5.74) is 0.875. The fourth-order valence-electron chi connectivity index (χ4n) is 2.80. The molecule has 0 aliphatic carbocycles. The van der Waals surface area contributed by atoms with Gasteiger partial charge in [0.15, 0.2) is 0 Å². The number of hydrogen-bond donors (Lipinski definition) is 2. The molecule has 2 N–H and O–H groups in total. The van der Waals surface area contributed by atoms with Gasteiger partial charge in [-0.2, -0.15) is 4.98 Å². The number of carbonyl (C=O) groups excluding carboxylic acids is 1. The zero-order valence-electron chi connectivity index (χ0n) is 14.0. The Morgan fingerprint density at radius 3 is 2.88 bits per heavy atom. The molecule has 8 heteroatoms. The molecule has 2 atom stereocenters. The Bertz CT molecular complexity index is 686. The Kier molecular flexibility index (Phi) is 7.40. The normalized spacial score (nSPS) is 17.8. The third-order valence-electron chi connectivity index (χ3n) is 4.23. The molecule has 1 aromatic heterocycles. The van der Waals surface area contributed by atoms with E-state index >= 15 is 0 Å². The number of benzene rings is 1. The highest BCUT2D eigenvalue weighted by atomic mass is 79.9. The Morgan fingerprint density at radius 1 is 1.44 bits per heavy atom. The van der Waals surface area contributed by atoms with Crippen molar-refractivity contribution in [3.8, 4) is 11.4 Å². The first-order valence-electron chi connectivity index (χ1n) is 8.21. The van der Waals surface area contributed by atoms with Crippen molar-refractivity contribution in [2.24, 2.45) is 5.92 Å². The summed E-state index contributed by atoms with van der Waals surface area (Å²) >= 11 is 3.40. The Labute approximate surface area is 161 Å². The van der Waals surface area contributed by atoms with E-state index in [4.69, 9.17) is 4.52 Å². The number of carbonyl (C=O) groups is 1. The molecule has 1 saturated heterocycles. The highest BCUT2D eigenvalue weighted by Crippen LogP contribution is 2.21. The van der Waals surface area contributed by atoms with E-state index in [9.17, 15) is 4.79 Å². The molecule has 1 amide bonds. The number of halogens is 2. The number of hydrogen-bond acceptors (Lipinski definition) is 5. The van der Waals surface area contributed by atoms with Crippen molar-refractivity contribution < 1.29 is 9.32 Å². The minimum atomic E-state index is -0.295. The van der Waals surface area contributed by atoms with Gasteiger partial charge < -0.3 is 15.2 Å². The fourth-order valence-corrected chi connectivity index (χ4v) is 3.06. The van der Waals surface area contributed by atoms with Crippen molar-refractivity contribution in [3.05, 3.63) is 34.6 Å². The molecule has 0 saturated carbocycles. The van der Waals surface area contributed by atoms with Crippen LogP contribution in [0.25, 0.3) is 11.4 Å². The van der Waals surface area contributed by atoms with E-state index in [0.29, 0.717) is 24.1 Å². The van der Waals surface area contributed by atoms with Gasteiger partial charge in [-0.1, -0.05) is 21.1 Å². The third-order valence-corrected chi connectivity index (χ3v) is 4.76. The standard InChI is InChI=1S/C17H21BrN4O2.ClH/c1-11(20-15(23)7-2-12-8-9-19-10-12)17-21-16(22-24-17)13-3-5-14(18)6-4-13;/h3-6,11-12,19H,2,7-10H2,1H3,(H,20,23);1H. The molecular weight excluding hydrogens is 408 g/mol. The molecule has 0 radical (unpaired) electrons. The van der Waals surface area contributed by atoms with Crippen molar-refractivity contribution in [1.29, 1.82) is 0 Å². The van der Waals surface area contributed by atoms with Crippen LogP contribution in [0.5, 0.6) is 0 Å². The van der Waals surface area contributed by atoms with E-state index in [-0.39, 0.29) is 24.4 Å². The third kappa shape index (κ3) is 5.52. The molecule has 0 spiro atoms. The highest BCUT2D eigenvalue weighted by molar-refractivity contribution is 9.10. The van der Waals surface area contributed by atoms with Crippen molar-refractivity contribution in [1.82, 2.24) is 20.8 Å². The molecule has 25 heavy (non-hydrogen) atoms. The van der Waals surface area contributed by atoms with Crippen molar-refractivity contribution in [2.75, 3.05) is 13.1 Å². The van der Waals surface area contributed by atoms with E-state index in [1.165, 1.54) is 0 Å². The van der Waals surface area contributed by atoms with Gasteiger partial charge >= 0.3 is 0 Å². The number of aromatic nitrogens is 2.